The maximum atomic E-state index is 12.7. The summed E-state index contributed by atoms with van der Waals surface area (Å²) in [4.78, 5) is 3.70. The van der Waals surface area contributed by atoms with Gasteiger partial charge in [0.2, 0.25) is 0 Å². The molecule has 18 heavy (non-hydrogen) atoms. The van der Waals surface area contributed by atoms with E-state index in [2.05, 4.69) is 26.2 Å². The van der Waals surface area contributed by atoms with Crippen molar-refractivity contribution in [3.8, 4) is 0 Å². The molecule has 0 amide bonds. The molecule has 0 unspecified atom stereocenters. The molecule has 0 aliphatic rings. The van der Waals surface area contributed by atoms with Crippen molar-refractivity contribution < 1.29 is 17.9 Å². The molecule has 8 heteroatoms. The lowest BCUT2D eigenvalue weighted by atomic mass is 10.2. The molecular weight excluding hydrogens is 315 g/mol. The van der Waals surface area contributed by atoms with E-state index in [0.29, 0.717) is 13.2 Å². The van der Waals surface area contributed by atoms with Crippen LogP contribution in [0.1, 0.15) is 5.56 Å². The Hall–Kier alpha value is -0.860. The van der Waals surface area contributed by atoms with Crippen molar-refractivity contribution in [3.63, 3.8) is 0 Å². The van der Waals surface area contributed by atoms with Gasteiger partial charge in [0, 0.05) is 23.8 Å². The van der Waals surface area contributed by atoms with Gasteiger partial charge in [0.05, 0.1) is 18.8 Å². The number of aromatic nitrogens is 1. The van der Waals surface area contributed by atoms with Gasteiger partial charge in [-0.2, -0.15) is 13.2 Å². The number of nitrogens with two attached hydrogens (primary N) is 1. The second-order valence-electron chi connectivity index (χ2n) is 3.38. The van der Waals surface area contributed by atoms with Crippen LogP contribution in [0.15, 0.2) is 16.7 Å². The number of pyridine rings is 1. The van der Waals surface area contributed by atoms with Gasteiger partial charge in [-0.1, -0.05) is 0 Å². The van der Waals surface area contributed by atoms with Gasteiger partial charge in [0.25, 0.3) is 0 Å². The topological polar surface area (TPSA) is 60.2 Å². The molecule has 0 aliphatic carbocycles. The normalized spacial score (nSPS) is 11.6. The monoisotopic (exact) mass is 327 g/mol. The summed E-state index contributed by atoms with van der Waals surface area (Å²) < 4.78 is 43.5. The zero-order valence-corrected chi connectivity index (χ0v) is 11.0. The summed E-state index contributed by atoms with van der Waals surface area (Å²) in [7, 11) is 0. The highest BCUT2D eigenvalue weighted by Gasteiger charge is 2.34. The van der Waals surface area contributed by atoms with Crippen LogP contribution >= 0.6 is 15.9 Å². The SMILES string of the molecule is NCCOCCNc1ncc(Br)cc1C(F)(F)F. The molecule has 0 saturated carbocycles. The van der Waals surface area contributed by atoms with Gasteiger partial charge >= 0.3 is 6.18 Å². The van der Waals surface area contributed by atoms with Crippen LogP contribution < -0.4 is 11.1 Å². The summed E-state index contributed by atoms with van der Waals surface area (Å²) >= 11 is 2.96. The van der Waals surface area contributed by atoms with Crippen molar-refractivity contribution in [2.75, 3.05) is 31.6 Å². The number of alkyl halides is 3. The maximum Gasteiger partial charge on any atom is 0.419 e. The minimum absolute atomic E-state index is 0.206. The van der Waals surface area contributed by atoms with Crippen molar-refractivity contribution in [1.82, 2.24) is 4.98 Å². The minimum atomic E-state index is -4.45. The van der Waals surface area contributed by atoms with Gasteiger partial charge in [-0.3, -0.25) is 0 Å². The van der Waals surface area contributed by atoms with E-state index in [9.17, 15) is 13.2 Å². The number of halogens is 4. The Morgan fingerprint density at radius 3 is 2.72 bits per heavy atom. The summed E-state index contributed by atoms with van der Waals surface area (Å²) in [5.74, 6) is -0.206. The Morgan fingerprint density at radius 2 is 2.11 bits per heavy atom. The Morgan fingerprint density at radius 1 is 1.39 bits per heavy atom. The van der Waals surface area contributed by atoms with Gasteiger partial charge in [-0.05, 0) is 22.0 Å². The highest BCUT2D eigenvalue weighted by atomic mass is 79.9. The molecule has 0 spiro atoms. The lowest BCUT2D eigenvalue weighted by Crippen LogP contribution is -2.17. The van der Waals surface area contributed by atoms with E-state index >= 15 is 0 Å². The fraction of sp³-hybridized carbons (Fsp3) is 0.500. The average Bonchev–Trinajstić information content (AvgIpc) is 2.29. The second kappa shape index (κ2) is 6.91. The number of ether oxygens (including phenoxy) is 1. The van der Waals surface area contributed by atoms with Crippen LogP contribution in [0.2, 0.25) is 0 Å². The molecule has 102 valence electrons. The van der Waals surface area contributed by atoms with Crippen molar-refractivity contribution in [3.05, 3.63) is 22.3 Å². The van der Waals surface area contributed by atoms with Gasteiger partial charge in [-0.25, -0.2) is 4.98 Å². The van der Waals surface area contributed by atoms with Gasteiger partial charge in [-0.15, -0.1) is 0 Å². The predicted molar refractivity (Wildman–Crippen MR) is 65.3 cm³/mol. The van der Waals surface area contributed by atoms with E-state index in [-0.39, 0.29) is 23.4 Å². The van der Waals surface area contributed by atoms with E-state index in [0.717, 1.165) is 6.07 Å². The zero-order chi connectivity index (χ0) is 13.6. The first kappa shape index (κ1) is 15.2. The molecule has 0 radical (unpaired) electrons. The lowest BCUT2D eigenvalue weighted by molar-refractivity contribution is -0.137. The number of nitrogens with one attached hydrogen (secondary N) is 1. The van der Waals surface area contributed by atoms with E-state index in [4.69, 9.17) is 10.5 Å². The van der Waals surface area contributed by atoms with Crippen LogP contribution in [0.25, 0.3) is 0 Å². The third-order valence-electron chi connectivity index (χ3n) is 1.96. The largest absolute Gasteiger partial charge is 0.419 e. The highest BCUT2D eigenvalue weighted by Crippen LogP contribution is 2.35. The van der Waals surface area contributed by atoms with Crippen molar-refractivity contribution in [1.29, 1.82) is 0 Å². The molecule has 0 aromatic carbocycles. The second-order valence-corrected chi connectivity index (χ2v) is 4.29. The molecule has 3 N–H and O–H groups in total. The molecular formula is C10H13BrF3N3O. The smallest absolute Gasteiger partial charge is 0.378 e. The molecule has 1 aromatic heterocycles. The van der Waals surface area contributed by atoms with Crippen LogP contribution in [0.3, 0.4) is 0 Å². The van der Waals surface area contributed by atoms with Crippen molar-refractivity contribution >= 4 is 21.7 Å². The maximum absolute atomic E-state index is 12.7. The van der Waals surface area contributed by atoms with Crippen LogP contribution in [-0.4, -0.2) is 31.3 Å². The summed E-state index contributed by atoms with van der Waals surface area (Å²) in [6, 6.07) is 0.982. The highest BCUT2D eigenvalue weighted by molar-refractivity contribution is 9.10. The first-order valence-electron chi connectivity index (χ1n) is 5.19. The minimum Gasteiger partial charge on any atom is -0.378 e. The third-order valence-corrected chi connectivity index (χ3v) is 2.39. The molecule has 0 aliphatic heterocycles. The van der Waals surface area contributed by atoms with Crippen LogP contribution in [0, 0.1) is 0 Å². The van der Waals surface area contributed by atoms with E-state index in [1.54, 1.807) is 0 Å². The molecule has 0 atom stereocenters. The summed E-state index contributed by atoms with van der Waals surface area (Å²) in [6.07, 6.45) is -3.14. The first-order valence-corrected chi connectivity index (χ1v) is 5.99. The van der Waals surface area contributed by atoms with Gasteiger partial charge in [0.15, 0.2) is 0 Å². The third kappa shape index (κ3) is 4.79. The standard InChI is InChI=1S/C10H13BrF3N3O/c11-7-5-8(10(12,13)14)9(17-6-7)16-2-4-18-3-1-15/h5-6H,1-4,15H2,(H,16,17). The number of nitrogens with zero attached hydrogens (tertiary/aromatic N) is 1. The molecule has 1 rings (SSSR count). The molecule has 0 fully saturated rings. The predicted octanol–water partition coefficient (Wildman–Crippen LogP) is 2.25. The van der Waals surface area contributed by atoms with Gasteiger partial charge in [0.1, 0.15) is 5.82 Å². The van der Waals surface area contributed by atoms with Crippen molar-refractivity contribution in [2.24, 2.45) is 5.73 Å². The molecule has 4 nitrogen and oxygen atoms in total. The van der Waals surface area contributed by atoms with Crippen LogP contribution in [0.4, 0.5) is 19.0 Å². The molecule has 1 heterocycles. The summed E-state index contributed by atoms with van der Waals surface area (Å²) in [6.45, 7) is 1.26. The number of hydrogen-bond acceptors (Lipinski definition) is 4. The Labute approximate surface area is 111 Å². The summed E-state index contributed by atoms with van der Waals surface area (Å²) in [5.41, 5.74) is 4.40. The number of hydrogen-bond donors (Lipinski definition) is 2. The fourth-order valence-corrected chi connectivity index (χ4v) is 1.55. The molecule has 1 aromatic rings. The van der Waals surface area contributed by atoms with Crippen LogP contribution in [0.5, 0.6) is 0 Å². The molecule has 0 saturated heterocycles. The summed E-state index contributed by atoms with van der Waals surface area (Å²) in [5, 5.41) is 2.59. The zero-order valence-electron chi connectivity index (χ0n) is 9.43. The Kier molecular flexibility index (Phi) is 5.83. The van der Waals surface area contributed by atoms with E-state index in [1.165, 1.54) is 6.20 Å². The van der Waals surface area contributed by atoms with E-state index in [1.807, 2.05) is 0 Å². The number of rotatable bonds is 6. The van der Waals surface area contributed by atoms with Crippen molar-refractivity contribution in [2.45, 2.75) is 6.18 Å². The average molecular weight is 328 g/mol. The fourth-order valence-electron chi connectivity index (χ4n) is 1.22. The molecule has 0 bridgehead atoms. The van der Waals surface area contributed by atoms with Crippen LogP contribution in [-0.2, 0) is 10.9 Å². The number of anilines is 1. The quantitative estimate of drug-likeness (QED) is 0.787. The lowest BCUT2D eigenvalue weighted by Gasteiger charge is -2.13. The Bertz CT molecular complexity index is 387. The Balaban J connectivity index is 2.65. The first-order chi connectivity index (χ1) is 8.45. The van der Waals surface area contributed by atoms with E-state index < -0.39 is 11.7 Å². The van der Waals surface area contributed by atoms with Gasteiger partial charge < -0.3 is 15.8 Å².